The Kier molecular flexibility index (Phi) is 6.48. The molecule has 0 aliphatic rings. The number of hydrogen-bond donors (Lipinski definition) is 1. The Morgan fingerprint density at radius 2 is 1.79 bits per heavy atom. The quantitative estimate of drug-likeness (QED) is 0.562. The van der Waals surface area contributed by atoms with Crippen molar-refractivity contribution >= 4 is 33.5 Å². The molecule has 0 atom stereocenters. The molecule has 0 radical (unpaired) electrons. The Hall–Kier alpha value is -2.65. The van der Waals surface area contributed by atoms with E-state index in [1.165, 1.54) is 12.1 Å². The van der Waals surface area contributed by atoms with Crippen molar-refractivity contribution in [2.75, 3.05) is 17.3 Å². The summed E-state index contributed by atoms with van der Waals surface area (Å²) in [6.45, 7) is 0. The Bertz CT molecular complexity index is 1030. The summed E-state index contributed by atoms with van der Waals surface area (Å²) < 4.78 is 28.4. The van der Waals surface area contributed by atoms with Crippen LogP contribution < -0.4 is 5.32 Å². The monoisotopic (exact) mass is 417 g/mol. The van der Waals surface area contributed by atoms with Crippen molar-refractivity contribution < 1.29 is 17.6 Å². The minimum Gasteiger partial charge on any atom is -0.407 e. The fraction of sp³-hybridized carbons (Fsp3) is 0.211. The molecule has 0 aliphatic heterocycles. The number of nitrogens with one attached hydrogen (secondary N) is 1. The highest BCUT2D eigenvalue weighted by Gasteiger charge is 2.11. The zero-order valence-corrected chi connectivity index (χ0v) is 16.8. The lowest BCUT2D eigenvalue weighted by Crippen LogP contribution is -2.12. The number of carbonyl (C=O) groups excluding carboxylic acids is 1. The van der Waals surface area contributed by atoms with Crippen LogP contribution >= 0.6 is 11.8 Å². The van der Waals surface area contributed by atoms with Gasteiger partial charge in [-0.25, -0.2) is 8.42 Å². The van der Waals surface area contributed by atoms with Crippen LogP contribution in [0.4, 0.5) is 6.01 Å². The van der Waals surface area contributed by atoms with Crippen molar-refractivity contribution in [3.8, 4) is 0 Å². The van der Waals surface area contributed by atoms with Crippen LogP contribution in [0.25, 0.3) is 0 Å². The molecule has 0 saturated carbocycles. The number of hydrogen-bond acceptors (Lipinski definition) is 7. The molecule has 7 nitrogen and oxygen atoms in total. The molecular weight excluding hydrogens is 398 g/mol. The summed E-state index contributed by atoms with van der Waals surface area (Å²) in [6.07, 6.45) is 1.83. The molecule has 28 heavy (non-hydrogen) atoms. The van der Waals surface area contributed by atoms with Crippen molar-refractivity contribution in [2.24, 2.45) is 0 Å². The first kappa shape index (κ1) is 20.1. The van der Waals surface area contributed by atoms with E-state index < -0.39 is 9.84 Å². The molecule has 1 amide bonds. The van der Waals surface area contributed by atoms with Gasteiger partial charge in [0.15, 0.2) is 9.84 Å². The summed E-state index contributed by atoms with van der Waals surface area (Å²) in [6, 6.07) is 16.4. The first-order valence-corrected chi connectivity index (χ1v) is 11.4. The zero-order chi connectivity index (χ0) is 20.0. The number of thioether (sulfide) groups is 1. The van der Waals surface area contributed by atoms with Crippen LogP contribution in [0.2, 0.25) is 0 Å². The first-order chi connectivity index (χ1) is 13.4. The molecule has 0 saturated heterocycles. The Morgan fingerprint density at radius 3 is 2.46 bits per heavy atom. The molecule has 2 aromatic carbocycles. The number of amides is 1. The summed E-state index contributed by atoms with van der Waals surface area (Å²) in [4.78, 5) is 13.4. The lowest BCUT2D eigenvalue weighted by molar-refractivity contribution is -0.115. The van der Waals surface area contributed by atoms with E-state index in [9.17, 15) is 13.2 Å². The van der Waals surface area contributed by atoms with Gasteiger partial charge in [-0.3, -0.25) is 10.1 Å². The average molecular weight is 418 g/mol. The number of carbonyl (C=O) groups is 1. The predicted octanol–water partition coefficient (Wildman–Crippen LogP) is 3.18. The fourth-order valence-electron chi connectivity index (χ4n) is 2.36. The third kappa shape index (κ3) is 5.93. The molecule has 9 heteroatoms. The van der Waals surface area contributed by atoms with Crippen molar-refractivity contribution in [3.05, 3.63) is 66.1 Å². The van der Waals surface area contributed by atoms with Gasteiger partial charge in [-0.1, -0.05) is 35.4 Å². The van der Waals surface area contributed by atoms with Crippen LogP contribution in [0.1, 0.15) is 17.9 Å². The van der Waals surface area contributed by atoms with Gasteiger partial charge in [-0.05, 0) is 29.8 Å². The number of benzene rings is 2. The minimum absolute atomic E-state index is 0.0532. The summed E-state index contributed by atoms with van der Waals surface area (Å²) in [5, 5.41) is 10.3. The summed E-state index contributed by atoms with van der Waals surface area (Å²) in [5.74, 6) is 0.779. The third-order valence-corrected chi connectivity index (χ3v) is 5.90. The van der Waals surface area contributed by atoms with E-state index in [-0.39, 0.29) is 16.8 Å². The molecule has 3 rings (SSSR count). The first-order valence-electron chi connectivity index (χ1n) is 8.49. The molecule has 0 aliphatic carbocycles. The molecule has 1 aromatic heterocycles. The van der Waals surface area contributed by atoms with E-state index >= 15 is 0 Å². The standard InChI is InChI=1S/C19H19N3O4S2/c1-28(24,25)16-9-7-14(8-10-16)13-18-21-22-19(26-18)20-17(23)11-12-27-15-5-3-2-4-6-15/h2-10H,11-13H2,1H3,(H,20,22,23). The largest absolute Gasteiger partial charge is 0.407 e. The van der Waals surface area contributed by atoms with E-state index in [1.807, 2.05) is 30.3 Å². The molecular formula is C19H19N3O4S2. The highest BCUT2D eigenvalue weighted by Crippen LogP contribution is 2.18. The van der Waals surface area contributed by atoms with Gasteiger partial charge in [0.2, 0.25) is 11.8 Å². The van der Waals surface area contributed by atoms with Crippen molar-refractivity contribution in [2.45, 2.75) is 22.6 Å². The highest BCUT2D eigenvalue weighted by molar-refractivity contribution is 7.99. The minimum atomic E-state index is -3.23. The number of aromatic nitrogens is 2. The normalized spacial score (nSPS) is 11.3. The van der Waals surface area contributed by atoms with E-state index in [4.69, 9.17) is 4.42 Å². The van der Waals surface area contributed by atoms with Gasteiger partial charge in [0.05, 0.1) is 11.3 Å². The Morgan fingerprint density at radius 1 is 1.07 bits per heavy atom. The molecule has 0 unspecified atom stereocenters. The number of anilines is 1. The van der Waals surface area contributed by atoms with Gasteiger partial charge < -0.3 is 4.42 Å². The summed E-state index contributed by atoms with van der Waals surface area (Å²) >= 11 is 1.60. The molecule has 1 heterocycles. The smallest absolute Gasteiger partial charge is 0.322 e. The maximum atomic E-state index is 12.0. The zero-order valence-electron chi connectivity index (χ0n) is 15.2. The van der Waals surface area contributed by atoms with Crippen molar-refractivity contribution in [1.82, 2.24) is 10.2 Å². The van der Waals surface area contributed by atoms with E-state index in [0.29, 0.717) is 24.5 Å². The molecule has 0 spiro atoms. The van der Waals surface area contributed by atoms with Gasteiger partial charge in [0.1, 0.15) is 0 Å². The summed E-state index contributed by atoms with van der Waals surface area (Å²) in [5.41, 5.74) is 0.827. The predicted molar refractivity (Wildman–Crippen MR) is 107 cm³/mol. The highest BCUT2D eigenvalue weighted by atomic mass is 32.2. The summed E-state index contributed by atoms with van der Waals surface area (Å²) in [7, 11) is -3.23. The topological polar surface area (TPSA) is 102 Å². The van der Waals surface area contributed by atoms with Crippen LogP contribution in [0.15, 0.2) is 68.8 Å². The number of rotatable bonds is 8. The second-order valence-electron chi connectivity index (χ2n) is 6.05. The maximum absolute atomic E-state index is 12.0. The van der Waals surface area contributed by atoms with Gasteiger partial charge in [-0.15, -0.1) is 16.9 Å². The average Bonchev–Trinajstić information content (AvgIpc) is 3.09. The van der Waals surface area contributed by atoms with Gasteiger partial charge in [0, 0.05) is 23.3 Å². The van der Waals surface area contributed by atoms with Gasteiger partial charge >= 0.3 is 6.01 Å². The van der Waals surface area contributed by atoms with Gasteiger partial charge in [0.25, 0.3) is 0 Å². The number of sulfone groups is 1. The number of nitrogens with zero attached hydrogens (tertiary/aromatic N) is 2. The Balaban J connectivity index is 1.49. The van der Waals surface area contributed by atoms with Gasteiger partial charge in [-0.2, -0.15) is 0 Å². The SMILES string of the molecule is CS(=O)(=O)c1ccc(Cc2nnc(NC(=O)CCSc3ccccc3)o2)cc1. The van der Waals surface area contributed by atoms with Crippen LogP contribution in [0, 0.1) is 0 Å². The van der Waals surface area contributed by atoms with Crippen LogP contribution in [0.3, 0.4) is 0 Å². The van der Waals surface area contributed by atoms with E-state index in [0.717, 1.165) is 16.7 Å². The van der Waals surface area contributed by atoms with Crippen molar-refractivity contribution in [1.29, 1.82) is 0 Å². The molecule has 3 aromatic rings. The van der Waals surface area contributed by atoms with Crippen LogP contribution in [0.5, 0.6) is 0 Å². The van der Waals surface area contributed by atoms with E-state index in [1.54, 1.807) is 23.9 Å². The maximum Gasteiger partial charge on any atom is 0.322 e. The van der Waals surface area contributed by atoms with Crippen LogP contribution in [-0.2, 0) is 21.1 Å². The molecule has 0 bridgehead atoms. The van der Waals surface area contributed by atoms with Crippen LogP contribution in [-0.4, -0.2) is 36.5 Å². The second-order valence-corrected chi connectivity index (χ2v) is 9.24. The fourth-order valence-corrected chi connectivity index (χ4v) is 3.87. The third-order valence-electron chi connectivity index (χ3n) is 3.76. The Labute approximate surface area is 167 Å². The molecule has 0 fully saturated rings. The molecule has 146 valence electrons. The second kappa shape index (κ2) is 9.03. The van der Waals surface area contributed by atoms with Crippen molar-refractivity contribution in [3.63, 3.8) is 0 Å². The molecule has 1 N–H and O–H groups in total. The lowest BCUT2D eigenvalue weighted by atomic mass is 10.1. The van der Waals surface area contributed by atoms with E-state index in [2.05, 4.69) is 15.5 Å². The lowest BCUT2D eigenvalue weighted by Gasteiger charge is -2.02.